The number of rotatable bonds is 7. The quantitative estimate of drug-likeness (QED) is 0.237. The Bertz CT molecular complexity index is 1370. The number of nitro groups is 1. The summed E-state index contributed by atoms with van der Waals surface area (Å²) in [6.45, 7) is 2.01. The number of nitro benzene ring substituents is 1. The van der Waals surface area contributed by atoms with Gasteiger partial charge in [0.1, 0.15) is 6.61 Å². The molecule has 35 heavy (non-hydrogen) atoms. The molecule has 0 saturated carbocycles. The maximum Gasteiger partial charge on any atom is 0.269 e. The van der Waals surface area contributed by atoms with Crippen LogP contribution in [0.4, 0.5) is 11.4 Å². The third-order valence-corrected chi connectivity index (χ3v) is 6.43. The first-order chi connectivity index (χ1) is 16.8. The first-order valence-electron chi connectivity index (χ1n) is 10.4. The molecule has 1 heterocycles. The molecule has 0 radical (unpaired) electrons. The molecule has 1 amide bonds. The largest absolute Gasteiger partial charge is 0.493 e. The number of nitrogens with one attached hydrogen (secondary N) is 1. The Labute approximate surface area is 210 Å². The van der Waals surface area contributed by atoms with E-state index in [-0.39, 0.29) is 18.2 Å². The van der Waals surface area contributed by atoms with Crippen molar-refractivity contribution < 1.29 is 19.2 Å². The van der Waals surface area contributed by atoms with Crippen molar-refractivity contribution in [3.05, 3.63) is 97.4 Å². The maximum atomic E-state index is 12.5. The van der Waals surface area contributed by atoms with E-state index in [1.807, 2.05) is 19.1 Å². The zero-order valence-corrected chi connectivity index (χ0v) is 20.4. The standard InChI is InChI=1S/C25H20ClN3O5S/c1-15-19(26)7-4-8-20(15)27-25-28-24(30)23(35-25)13-16-9-10-21(22(12-16)33-2)34-14-17-5-3-6-18(11-17)29(31)32/h3-13H,14H2,1-2H3,(H,27,28,30)/b23-13+. The Morgan fingerprint density at radius 3 is 2.71 bits per heavy atom. The molecular formula is C25H20ClN3O5S. The van der Waals surface area contributed by atoms with Crippen LogP contribution in [0.3, 0.4) is 0 Å². The topological polar surface area (TPSA) is 103 Å². The van der Waals surface area contributed by atoms with E-state index in [9.17, 15) is 14.9 Å². The third kappa shape index (κ3) is 5.82. The number of non-ortho nitro benzene ring substituents is 1. The lowest BCUT2D eigenvalue weighted by Gasteiger charge is -2.11. The first kappa shape index (κ1) is 24.3. The van der Waals surface area contributed by atoms with Crippen molar-refractivity contribution in [1.82, 2.24) is 5.32 Å². The lowest BCUT2D eigenvalue weighted by Crippen LogP contribution is -2.19. The molecule has 0 aliphatic carbocycles. The van der Waals surface area contributed by atoms with Crippen LogP contribution in [0.25, 0.3) is 6.08 Å². The fourth-order valence-electron chi connectivity index (χ4n) is 3.27. The summed E-state index contributed by atoms with van der Waals surface area (Å²) in [5.41, 5.74) is 2.92. The molecule has 3 aromatic rings. The van der Waals surface area contributed by atoms with Crippen LogP contribution >= 0.6 is 23.4 Å². The summed E-state index contributed by atoms with van der Waals surface area (Å²) in [5.74, 6) is 0.693. The Balaban J connectivity index is 1.50. The Morgan fingerprint density at radius 1 is 1.14 bits per heavy atom. The van der Waals surface area contributed by atoms with E-state index in [1.165, 1.54) is 31.0 Å². The van der Waals surface area contributed by atoms with E-state index in [4.69, 9.17) is 21.1 Å². The molecule has 1 aliphatic rings. The second-order valence-corrected chi connectivity index (χ2v) is 8.93. The van der Waals surface area contributed by atoms with E-state index < -0.39 is 4.92 Å². The van der Waals surface area contributed by atoms with Gasteiger partial charge in [0.25, 0.3) is 11.6 Å². The molecule has 1 N–H and O–H groups in total. The molecular weight excluding hydrogens is 490 g/mol. The Kier molecular flexibility index (Phi) is 7.38. The highest BCUT2D eigenvalue weighted by molar-refractivity contribution is 8.18. The smallest absolute Gasteiger partial charge is 0.269 e. The second kappa shape index (κ2) is 10.6. The number of aliphatic imine (C=N–C) groups is 1. The number of hydrogen-bond donors (Lipinski definition) is 1. The number of thioether (sulfide) groups is 1. The lowest BCUT2D eigenvalue weighted by atomic mass is 10.1. The average molecular weight is 510 g/mol. The number of ether oxygens (including phenoxy) is 2. The van der Waals surface area contributed by atoms with Gasteiger partial charge in [-0.25, -0.2) is 4.99 Å². The minimum Gasteiger partial charge on any atom is -0.493 e. The molecule has 0 aromatic heterocycles. The molecule has 3 aromatic carbocycles. The summed E-state index contributed by atoms with van der Waals surface area (Å²) in [5, 5.41) is 14.8. The summed E-state index contributed by atoms with van der Waals surface area (Å²) in [4.78, 5) is 28.0. The number of carbonyl (C=O) groups is 1. The summed E-state index contributed by atoms with van der Waals surface area (Å²) in [6, 6.07) is 16.9. The fourth-order valence-corrected chi connectivity index (χ4v) is 4.28. The number of halogens is 1. The van der Waals surface area contributed by atoms with Crippen molar-refractivity contribution in [2.24, 2.45) is 4.99 Å². The first-order valence-corrected chi connectivity index (χ1v) is 11.6. The van der Waals surface area contributed by atoms with Crippen LogP contribution in [0.15, 0.2) is 70.6 Å². The molecule has 0 atom stereocenters. The minimum atomic E-state index is -0.449. The van der Waals surface area contributed by atoms with E-state index in [0.717, 1.165) is 11.1 Å². The SMILES string of the molecule is COc1cc(/C=C2/SC(=Nc3cccc(Cl)c3C)NC2=O)ccc1OCc1cccc([N+](=O)[O-])c1. The van der Waals surface area contributed by atoms with Gasteiger partial charge in [-0.2, -0.15) is 0 Å². The summed E-state index contributed by atoms with van der Waals surface area (Å²) >= 11 is 7.39. The monoisotopic (exact) mass is 509 g/mol. The molecule has 1 fully saturated rings. The van der Waals surface area contributed by atoms with Crippen LogP contribution in [-0.4, -0.2) is 23.1 Å². The number of amidine groups is 1. The van der Waals surface area contributed by atoms with Crippen LogP contribution in [0.5, 0.6) is 11.5 Å². The van der Waals surface area contributed by atoms with Crippen molar-refractivity contribution in [3.8, 4) is 11.5 Å². The van der Waals surface area contributed by atoms with Crippen molar-refractivity contribution in [2.75, 3.05) is 7.11 Å². The molecule has 178 valence electrons. The Hall–Kier alpha value is -3.82. The highest BCUT2D eigenvalue weighted by atomic mass is 35.5. The van der Waals surface area contributed by atoms with Gasteiger partial charge < -0.3 is 14.8 Å². The van der Waals surface area contributed by atoms with Gasteiger partial charge in [-0.15, -0.1) is 0 Å². The van der Waals surface area contributed by atoms with Gasteiger partial charge >= 0.3 is 0 Å². The summed E-state index contributed by atoms with van der Waals surface area (Å²) < 4.78 is 11.3. The Morgan fingerprint density at radius 2 is 1.94 bits per heavy atom. The molecule has 8 nitrogen and oxygen atoms in total. The van der Waals surface area contributed by atoms with Crippen molar-refractivity contribution >= 4 is 51.9 Å². The van der Waals surface area contributed by atoms with Crippen LogP contribution in [0.1, 0.15) is 16.7 Å². The van der Waals surface area contributed by atoms with E-state index >= 15 is 0 Å². The third-order valence-electron chi connectivity index (χ3n) is 5.11. The van der Waals surface area contributed by atoms with Gasteiger partial charge in [-0.05, 0) is 65.7 Å². The number of methoxy groups -OCH3 is 1. The van der Waals surface area contributed by atoms with Crippen molar-refractivity contribution in [2.45, 2.75) is 13.5 Å². The predicted octanol–water partition coefficient (Wildman–Crippen LogP) is 6.04. The summed E-state index contributed by atoms with van der Waals surface area (Å²) in [7, 11) is 1.52. The average Bonchev–Trinajstić information content (AvgIpc) is 3.19. The number of amides is 1. The van der Waals surface area contributed by atoms with Crippen LogP contribution in [0, 0.1) is 17.0 Å². The molecule has 10 heteroatoms. The van der Waals surface area contributed by atoms with Gasteiger partial charge in [-0.3, -0.25) is 14.9 Å². The van der Waals surface area contributed by atoms with Gasteiger partial charge in [0.2, 0.25) is 0 Å². The minimum absolute atomic E-state index is 0.000749. The maximum absolute atomic E-state index is 12.5. The van der Waals surface area contributed by atoms with Crippen LogP contribution in [0.2, 0.25) is 5.02 Å². The highest BCUT2D eigenvalue weighted by Crippen LogP contribution is 2.34. The van der Waals surface area contributed by atoms with E-state index in [1.54, 1.807) is 42.5 Å². The summed E-state index contributed by atoms with van der Waals surface area (Å²) in [6.07, 6.45) is 1.74. The predicted molar refractivity (Wildman–Crippen MR) is 137 cm³/mol. The van der Waals surface area contributed by atoms with E-state index in [0.29, 0.717) is 37.8 Å². The van der Waals surface area contributed by atoms with E-state index in [2.05, 4.69) is 10.3 Å². The zero-order valence-electron chi connectivity index (χ0n) is 18.8. The van der Waals surface area contributed by atoms with Crippen LogP contribution < -0.4 is 14.8 Å². The highest BCUT2D eigenvalue weighted by Gasteiger charge is 2.24. The number of nitrogens with zero attached hydrogens (tertiary/aromatic N) is 2. The van der Waals surface area contributed by atoms with Gasteiger partial charge in [-0.1, -0.05) is 35.9 Å². The lowest BCUT2D eigenvalue weighted by molar-refractivity contribution is -0.384. The molecule has 4 rings (SSSR count). The van der Waals surface area contributed by atoms with Crippen molar-refractivity contribution in [1.29, 1.82) is 0 Å². The zero-order chi connectivity index (χ0) is 24.9. The number of carbonyl (C=O) groups excluding carboxylic acids is 1. The van der Waals surface area contributed by atoms with Crippen molar-refractivity contribution in [3.63, 3.8) is 0 Å². The second-order valence-electron chi connectivity index (χ2n) is 7.49. The van der Waals surface area contributed by atoms with Gasteiger partial charge in [0.15, 0.2) is 16.7 Å². The fraction of sp³-hybridized carbons (Fsp3) is 0.120. The number of benzene rings is 3. The van der Waals surface area contributed by atoms with Crippen LogP contribution in [-0.2, 0) is 11.4 Å². The molecule has 0 bridgehead atoms. The normalized spacial score (nSPS) is 15.3. The molecule has 1 aliphatic heterocycles. The molecule has 0 spiro atoms. The number of hydrogen-bond acceptors (Lipinski definition) is 7. The van der Waals surface area contributed by atoms with Gasteiger partial charge in [0, 0.05) is 17.2 Å². The van der Waals surface area contributed by atoms with Gasteiger partial charge in [0.05, 0.1) is 22.6 Å². The molecule has 1 saturated heterocycles. The molecule has 0 unspecified atom stereocenters.